The van der Waals surface area contributed by atoms with Crippen LogP contribution in [0.2, 0.25) is 0 Å². The van der Waals surface area contributed by atoms with Gasteiger partial charge in [-0.05, 0) is 31.4 Å². The van der Waals surface area contributed by atoms with Gasteiger partial charge in [0, 0.05) is 20.1 Å². The lowest BCUT2D eigenvalue weighted by molar-refractivity contribution is -0.137. The van der Waals surface area contributed by atoms with Crippen LogP contribution in [0.15, 0.2) is 17.2 Å². The molecule has 0 radical (unpaired) electrons. The third-order valence-corrected chi connectivity index (χ3v) is 4.38. The summed E-state index contributed by atoms with van der Waals surface area (Å²) in [6.45, 7) is 2.28. The van der Waals surface area contributed by atoms with E-state index in [2.05, 4.69) is 33.4 Å². The van der Waals surface area contributed by atoms with E-state index in [0.29, 0.717) is 5.75 Å². The summed E-state index contributed by atoms with van der Waals surface area (Å²) < 4.78 is 6.82. The van der Waals surface area contributed by atoms with Gasteiger partial charge in [-0.1, -0.05) is 11.8 Å². The summed E-state index contributed by atoms with van der Waals surface area (Å²) in [6, 6.07) is 4.22. The van der Waals surface area contributed by atoms with Crippen molar-refractivity contribution in [3.05, 3.63) is 12.1 Å². The number of rotatable bonds is 4. The van der Waals surface area contributed by atoms with E-state index < -0.39 is 0 Å². The zero-order valence-electron chi connectivity index (χ0n) is 11.0. The Morgan fingerprint density at radius 1 is 1.33 bits per heavy atom. The maximum Gasteiger partial charge on any atom is 0.316 e. The number of hydrogen-bond acceptors (Lipinski definition) is 4. The number of ether oxygens (including phenoxy) is 1. The van der Waals surface area contributed by atoms with Gasteiger partial charge in [0.05, 0.1) is 17.9 Å². The van der Waals surface area contributed by atoms with E-state index >= 15 is 0 Å². The number of carbonyl (C=O) groups is 1. The lowest BCUT2D eigenvalue weighted by Crippen LogP contribution is -2.30. The maximum absolute atomic E-state index is 11.1. The van der Waals surface area contributed by atoms with Gasteiger partial charge in [-0.25, -0.2) is 0 Å². The van der Waals surface area contributed by atoms with Crippen LogP contribution in [0.3, 0.4) is 0 Å². The van der Waals surface area contributed by atoms with E-state index in [1.165, 1.54) is 44.0 Å². The molecule has 2 rings (SSSR count). The predicted molar refractivity (Wildman–Crippen MR) is 74.2 cm³/mol. The van der Waals surface area contributed by atoms with E-state index in [4.69, 9.17) is 0 Å². The zero-order valence-corrected chi connectivity index (χ0v) is 11.8. The van der Waals surface area contributed by atoms with Crippen LogP contribution in [-0.4, -0.2) is 36.5 Å². The fourth-order valence-corrected chi connectivity index (χ4v) is 3.09. The second-order valence-electron chi connectivity index (χ2n) is 4.50. The van der Waals surface area contributed by atoms with Gasteiger partial charge in [0.25, 0.3) is 0 Å². The standard InChI is InChI=1S/C13H20N2O2S/c1-14-11(15-8-4-3-5-9-15)6-7-12(14)18-10-13(16)17-2/h6-7H,3-5,8-10H2,1-2H3. The topological polar surface area (TPSA) is 34.5 Å². The van der Waals surface area contributed by atoms with Gasteiger partial charge in [0.1, 0.15) is 5.82 Å². The van der Waals surface area contributed by atoms with Crippen LogP contribution in [-0.2, 0) is 16.6 Å². The van der Waals surface area contributed by atoms with Crippen LogP contribution in [0, 0.1) is 0 Å². The summed E-state index contributed by atoms with van der Waals surface area (Å²) in [7, 11) is 3.48. The third kappa shape index (κ3) is 3.02. The Balaban J connectivity index is 2.01. The maximum atomic E-state index is 11.1. The van der Waals surface area contributed by atoms with Crippen molar-refractivity contribution >= 4 is 23.5 Å². The largest absolute Gasteiger partial charge is 0.468 e. The summed E-state index contributed by atoms with van der Waals surface area (Å²) in [5, 5.41) is 1.11. The highest BCUT2D eigenvalue weighted by molar-refractivity contribution is 7.99. The molecule has 0 atom stereocenters. The predicted octanol–water partition coefficient (Wildman–Crippen LogP) is 2.28. The number of esters is 1. The van der Waals surface area contributed by atoms with E-state index in [9.17, 15) is 4.79 Å². The molecule has 0 N–H and O–H groups in total. The molecule has 4 nitrogen and oxygen atoms in total. The molecule has 1 saturated heterocycles. The van der Waals surface area contributed by atoms with Crippen LogP contribution in [0.25, 0.3) is 0 Å². The van der Waals surface area contributed by atoms with Crippen molar-refractivity contribution in [3.8, 4) is 0 Å². The average Bonchev–Trinajstić information content (AvgIpc) is 2.78. The summed E-state index contributed by atoms with van der Waals surface area (Å²) in [4.78, 5) is 13.6. The van der Waals surface area contributed by atoms with Gasteiger partial charge in [0.15, 0.2) is 0 Å². The number of aromatic nitrogens is 1. The number of thioether (sulfide) groups is 1. The Morgan fingerprint density at radius 3 is 2.72 bits per heavy atom. The first kappa shape index (κ1) is 13.3. The summed E-state index contributed by atoms with van der Waals surface area (Å²) in [6.07, 6.45) is 3.89. The molecule has 1 fully saturated rings. The first-order valence-corrected chi connectivity index (χ1v) is 7.31. The highest BCUT2D eigenvalue weighted by atomic mass is 32.2. The number of hydrogen-bond donors (Lipinski definition) is 0. The van der Waals surface area contributed by atoms with Crippen molar-refractivity contribution in [2.24, 2.45) is 7.05 Å². The fraction of sp³-hybridized carbons (Fsp3) is 0.615. The fourth-order valence-electron chi connectivity index (χ4n) is 2.26. The Bertz CT molecular complexity index is 411. The lowest BCUT2D eigenvalue weighted by atomic mass is 10.1. The molecule has 0 unspecified atom stereocenters. The van der Waals surface area contributed by atoms with Crippen LogP contribution < -0.4 is 4.90 Å². The second-order valence-corrected chi connectivity index (χ2v) is 5.50. The van der Waals surface area contributed by atoms with Gasteiger partial charge < -0.3 is 14.2 Å². The Hall–Kier alpha value is -1.10. The van der Waals surface area contributed by atoms with Crippen molar-refractivity contribution in [2.45, 2.75) is 24.3 Å². The van der Waals surface area contributed by atoms with Crippen molar-refractivity contribution in [2.75, 3.05) is 30.9 Å². The number of methoxy groups -OCH3 is 1. The van der Waals surface area contributed by atoms with Crippen molar-refractivity contribution < 1.29 is 9.53 Å². The van der Waals surface area contributed by atoms with Gasteiger partial charge in [-0.15, -0.1) is 0 Å². The molecule has 0 aromatic carbocycles. The number of carbonyl (C=O) groups excluding carboxylic acids is 1. The molecule has 5 heteroatoms. The number of nitrogens with zero attached hydrogens (tertiary/aromatic N) is 2. The summed E-state index contributed by atoms with van der Waals surface area (Å²) in [5.74, 6) is 1.44. The highest BCUT2D eigenvalue weighted by Gasteiger charge is 2.15. The normalized spacial score (nSPS) is 15.8. The van der Waals surface area contributed by atoms with Crippen LogP contribution in [0.4, 0.5) is 5.82 Å². The molecule has 0 bridgehead atoms. The van der Waals surface area contributed by atoms with Gasteiger partial charge in [-0.2, -0.15) is 0 Å². The molecule has 0 aliphatic carbocycles. The van der Waals surface area contributed by atoms with Gasteiger partial charge in [-0.3, -0.25) is 4.79 Å². The van der Waals surface area contributed by atoms with Crippen LogP contribution >= 0.6 is 11.8 Å². The highest BCUT2D eigenvalue weighted by Crippen LogP contribution is 2.27. The average molecular weight is 268 g/mol. The lowest BCUT2D eigenvalue weighted by Gasteiger charge is -2.29. The summed E-state index contributed by atoms with van der Waals surface area (Å²) >= 11 is 1.53. The first-order chi connectivity index (χ1) is 8.72. The van der Waals surface area contributed by atoms with E-state index in [1.807, 2.05) is 0 Å². The van der Waals surface area contributed by atoms with Gasteiger partial charge in [0.2, 0.25) is 0 Å². The number of piperidine rings is 1. The molecule has 18 heavy (non-hydrogen) atoms. The van der Waals surface area contributed by atoms with Crippen LogP contribution in [0.1, 0.15) is 19.3 Å². The van der Waals surface area contributed by atoms with E-state index in [1.54, 1.807) is 0 Å². The van der Waals surface area contributed by atoms with Crippen molar-refractivity contribution in [1.82, 2.24) is 4.57 Å². The Kier molecular flexibility index (Phi) is 4.58. The second kappa shape index (κ2) is 6.18. The van der Waals surface area contributed by atoms with Crippen LogP contribution in [0.5, 0.6) is 0 Å². The van der Waals surface area contributed by atoms with E-state index in [-0.39, 0.29) is 5.97 Å². The minimum atomic E-state index is -0.180. The molecule has 0 amide bonds. The molecule has 1 aliphatic heterocycles. The quantitative estimate of drug-likeness (QED) is 0.620. The minimum absolute atomic E-state index is 0.180. The SMILES string of the molecule is COC(=O)CSc1ccc(N2CCCCC2)n1C. The monoisotopic (exact) mass is 268 g/mol. The molecular formula is C13H20N2O2S. The van der Waals surface area contributed by atoms with Crippen molar-refractivity contribution in [3.63, 3.8) is 0 Å². The zero-order chi connectivity index (χ0) is 13.0. The third-order valence-electron chi connectivity index (χ3n) is 3.29. The molecule has 2 heterocycles. The first-order valence-electron chi connectivity index (χ1n) is 6.32. The molecule has 1 aliphatic rings. The molecule has 100 valence electrons. The molecule has 1 aromatic rings. The smallest absolute Gasteiger partial charge is 0.316 e. The molecule has 1 aromatic heterocycles. The van der Waals surface area contributed by atoms with Gasteiger partial charge >= 0.3 is 5.97 Å². The van der Waals surface area contributed by atoms with E-state index in [0.717, 1.165) is 18.1 Å². The molecule has 0 spiro atoms. The summed E-state index contributed by atoms with van der Waals surface area (Å²) in [5.41, 5.74) is 0. The minimum Gasteiger partial charge on any atom is -0.468 e. The Labute approximate surface area is 112 Å². The molecular weight excluding hydrogens is 248 g/mol. The number of anilines is 1. The van der Waals surface area contributed by atoms with Crippen molar-refractivity contribution in [1.29, 1.82) is 0 Å². The Morgan fingerprint density at radius 2 is 2.06 bits per heavy atom. The molecule has 0 saturated carbocycles.